The molecule has 2 rings (SSSR count). The molecule has 2 aromatic carbocycles. The Morgan fingerprint density at radius 3 is 2.38 bits per heavy atom. The highest BCUT2D eigenvalue weighted by Gasteiger charge is 2.17. The molecular weight excluding hydrogens is 348 g/mol. The average molecular weight is 372 g/mol. The summed E-state index contributed by atoms with van der Waals surface area (Å²) >= 11 is 0. The molecule has 0 saturated heterocycles. The van der Waals surface area contributed by atoms with Gasteiger partial charge in [0.25, 0.3) is 5.91 Å². The van der Waals surface area contributed by atoms with E-state index in [-0.39, 0.29) is 12.5 Å². The molecular formula is C20H24N2O3S. The van der Waals surface area contributed by atoms with Crippen LogP contribution in [0.3, 0.4) is 0 Å². The molecule has 0 radical (unpaired) electrons. The van der Waals surface area contributed by atoms with Crippen LogP contribution in [-0.4, -0.2) is 27.1 Å². The zero-order chi connectivity index (χ0) is 19.3. The first-order chi connectivity index (χ1) is 12.3. The molecule has 0 heterocycles. The Bertz CT molecular complexity index is 903. The van der Waals surface area contributed by atoms with Crippen LogP contribution in [-0.2, 0) is 16.4 Å². The molecule has 0 saturated carbocycles. The lowest BCUT2D eigenvalue weighted by atomic mass is 10.1. The SMILES string of the molecule is C=CCN(c1ccc(C(=O)Nc2c(C)cccc2CC)cc1)S(C)(=O)=O. The maximum absolute atomic E-state index is 12.6. The molecule has 0 atom stereocenters. The topological polar surface area (TPSA) is 66.5 Å². The van der Waals surface area contributed by atoms with Crippen LogP contribution in [0, 0.1) is 6.92 Å². The number of rotatable bonds is 7. The highest BCUT2D eigenvalue weighted by atomic mass is 32.2. The van der Waals surface area contributed by atoms with Gasteiger partial charge in [-0.3, -0.25) is 9.10 Å². The van der Waals surface area contributed by atoms with E-state index in [4.69, 9.17) is 0 Å². The summed E-state index contributed by atoms with van der Waals surface area (Å²) in [5, 5.41) is 2.96. The van der Waals surface area contributed by atoms with Crippen molar-refractivity contribution in [1.29, 1.82) is 0 Å². The van der Waals surface area contributed by atoms with Crippen molar-refractivity contribution in [3.05, 3.63) is 71.8 Å². The van der Waals surface area contributed by atoms with Gasteiger partial charge in [-0.2, -0.15) is 0 Å². The smallest absolute Gasteiger partial charge is 0.255 e. The summed E-state index contributed by atoms with van der Waals surface area (Å²) < 4.78 is 25.0. The quantitative estimate of drug-likeness (QED) is 0.753. The molecule has 2 aromatic rings. The number of sulfonamides is 1. The van der Waals surface area contributed by atoms with Crippen molar-refractivity contribution in [3.8, 4) is 0 Å². The van der Waals surface area contributed by atoms with Crippen LogP contribution in [0.15, 0.2) is 55.1 Å². The maximum atomic E-state index is 12.6. The predicted octanol–water partition coefficient (Wildman–Crippen LogP) is 3.76. The molecule has 0 aromatic heterocycles. The summed E-state index contributed by atoms with van der Waals surface area (Å²) in [6, 6.07) is 12.4. The molecule has 1 amide bonds. The second-order valence-electron chi connectivity index (χ2n) is 6.05. The molecule has 0 bridgehead atoms. The van der Waals surface area contributed by atoms with Crippen LogP contribution >= 0.6 is 0 Å². The Kier molecular flexibility index (Phi) is 6.21. The van der Waals surface area contributed by atoms with Gasteiger partial charge in [-0.1, -0.05) is 31.2 Å². The van der Waals surface area contributed by atoms with Crippen LogP contribution in [0.25, 0.3) is 0 Å². The fourth-order valence-electron chi connectivity index (χ4n) is 2.72. The van der Waals surface area contributed by atoms with Crippen LogP contribution in [0.5, 0.6) is 0 Å². The monoisotopic (exact) mass is 372 g/mol. The zero-order valence-electron chi connectivity index (χ0n) is 15.3. The molecule has 5 nitrogen and oxygen atoms in total. The number of para-hydroxylation sites is 1. The van der Waals surface area contributed by atoms with Gasteiger partial charge in [0.05, 0.1) is 18.5 Å². The Hall–Kier alpha value is -2.60. The first-order valence-electron chi connectivity index (χ1n) is 8.36. The van der Waals surface area contributed by atoms with Crippen molar-refractivity contribution in [3.63, 3.8) is 0 Å². The number of nitrogens with one attached hydrogen (secondary N) is 1. The highest BCUT2D eigenvalue weighted by Crippen LogP contribution is 2.23. The summed E-state index contributed by atoms with van der Waals surface area (Å²) in [6.45, 7) is 7.76. The molecule has 138 valence electrons. The number of nitrogens with zero attached hydrogens (tertiary/aromatic N) is 1. The maximum Gasteiger partial charge on any atom is 0.255 e. The lowest BCUT2D eigenvalue weighted by Gasteiger charge is -2.21. The fraction of sp³-hybridized carbons (Fsp3) is 0.250. The summed E-state index contributed by atoms with van der Waals surface area (Å²) in [7, 11) is -3.41. The van der Waals surface area contributed by atoms with Crippen LogP contribution in [0.2, 0.25) is 0 Å². The minimum Gasteiger partial charge on any atom is -0.321 e. The molecule has 0 aliphatic rings. The van der Waals surface area contributed by atoms with Crippen LogP contribution < -0.4 is 9.62 Å². The van der Waals surface area contributed by atoms with Crippen molar-refractivity contribution in [2.75, 3.05) is 22.4 Å². The van der Waals surface area contributed by atoms with Crippen molar-refractivity contribution in [2.24, 2.45) is 0 Å². The number of anilines is 2. The molecule has 0 aliphatic heterocycles. The summed E-state index contributed by atoms with van der Waals surface area (Å²) in [6.07, 6.45) is 3.48. The summed E-state index contributed by atoms with van der Waals surface area (Å²) in [5.41, 5.74) is 3.86. The number of hydrogen-bond acceptors (Lipinski definition) is 3. The molecule has 1 N–H and O–H groups in total. The van der Waals surface area contributed by atoms with Crippen molar-refractivity contribution < 1.29 is 13.2 Å². The number of hydrogen-bond donors (Lipinski definition) is 1. The zero-order valence-corrected chi connectivity index (χ0v) is 16.1. The van der Waals surface area contributed by atoms with Gasteiger partial charge in [0, 0.05) is 11.3 Å². The summed E-state index contributed by atoms with van der Waals surface area (Å²) in [5.74, 6) is -0.227. The second kappa shape index (κ2) is 8.19. The standard InChI is InChI=1S/C20H24N2O3S/c1-5-14-22(26(4,24)25)18-12-10-17(11-13-18)20(23)21-19-15(3)8-7-9-16(19)6-2/h5,7-13H,1,6,14H2,2-4H3,(H,21,23). The number of benzene rings is 2. The van der Waals surface area contributed by atoms with Gasteiger partial charge in [0.2, 0.25) is 10.0 Å². The number of carbonyl (C=O) groups excluding carboxylic acids is 1. The van der Waals surface area contributed by atoms with Crippen molar-refractivity contribution in [2.45, 2.75) is 20.3 Å². The molecule has 0 unspecified atom stereocenters. The molecule has 0 fully saturated rings. The number of aryl methyl sites for hydroxylation is 2. The van der Waals surface area contributed by atoms with E-state index in [1.165, 1.54) is 10.4 Å². The van der Waals surface area contributed by atoms with E-state index < -0.39 is 10.0 Å². The lowest BCUT2D eigenvalue weighted by Crippen LogP contribution is -2.29. The third-order valence-corrected chi connectivity index (χ3v) is 5.25. The Balaban J connectivity index is 2.26. The van der Waals surface area contributed by atoms with Gasteiger partial charge in [-0.15, -0.1) is 6.58 Å². The molecule has 6 heteroatoms. The van der Waals surface area contributed by atoms with E-state index in [0.717, 1.165) is 29.5 Å². The number of amides is 1. The Morgan fingerprint density at radius 1 is 1.19 bits per heavy atom. The van der Waals surface area contributed by atoms with Gasteiger partial charge in [-0.05, 0) is 48.7 Å². The lowest BCUT2D eigenvalue weighted by molar-refractivity contribution is 0.102. The van der Waals surface area contributed by atoms with Crippen LogP contribution in [0.1, 0.15) is 28.4 Å². The van der Waals surface area contributed by atoms with E-state index in [0.29, 0.717) is 11.3 Å². The van der Waals surface area contributed by atoms with Gasteiger partial charge in [-0.25, -0.2) is 8.42 Å². The fourth-order valence-corrected chi connectivity index (χ4v) is 3.60. The first kappa shape index (κ1) is 19.7. The minimum atomic E-state index is -3.41. The van der Waals surface area contributed by atoms with E-state index in [9.17, 15) is 13.2 Å². The van der Waals surface area contributed by atoms with Gasteiger partial charge in [0.1, 0.15) is 0 Å². The average Bonchev–Trinajstić information content (AvgIpc) is 2.60. The largest absolute Gasteiger partial charge is 0.321 e. The van der Waals surface area contributed by atoms with Gasteiger partial charge in [0.15, 0.2) is 0 Å². The molecule has 0 spiro atoms. The van der Waals surface area contributed by atoms with Gasteiger partial charge >= 0.3 is 0 Å². The normalized spacial score (nSPS) is 11.0. The van der Waals surface area contributed by atoms with Crippen LogP contribution in [0.4, 0.5) is 11.4 Å². The van der Waals surface area contributed by atoms with E-state index in [1.807, 2.05) is 32.0 Å². The van der Waals surface area contributed by atoms with Crippen molar-refractivity contribution >= 4 is 27.3 Å². The summed E-state index contributed by atoms with van der Waals surface area (Å²) in [4.78, 5) is 12.6. The third-order valence-electron chi connectivity index (χ3n) is 4.09. The first-order valence-corrected chi connectivity index (χ1v) is 10.2. The minimum absolute atomic E-state index is 0.174. The highest BCUT2D eigenvalue weighted by molar-refractivity contribution is 7.92. The molecule has 0 aliphatic carbocycles. The van der Waals surface area contributed by atoms with Gasteiger partial charge < -0.3 is 5.32 Å². The predicted molar refractivity (Wildman–Crippen MR) is 107 cm³/mol. The Morgan fingerprint density at radius 2 is 1.85 bits per heavy atom. The van der Waals surface area contributed by atoms with Crippen molar-refractivity contribution in [1.82, 2.24) is 0 Å². The Labute approximate surface area is 155 Å². The van der Waals surface area contributed by atoms with E-state index >= 15 is 0 Å². The second-order valence-corrected chi connectivity index (χ2v) is 7.95. The van der Waals surface area contributed by atoms with E-state index in [1.54, 1.807) is 24.3 Å². The van der Waals surface area contributed by atoms with E-state index in [2.05, 4.69) is 11.9 Å². The molecule has 26 heavy (non-hydrogen) atoms. The number of carbonyl (C=O) groups is 1. The third kappa shape index (κ3) is 4.52.